The summed E-state index contributed by atoms with van der Waals surface area (Å²) in [4.78, 5) is 21.4. The van der Waals surface area contributed by atoms with Crippen LogP contribution in [-0.2, 0) is 9.59 Å². The number of hydrogen-bond acceptors (Lipinski definition) is 2. The van der Waals surface area contributed by atoms with E-state index in [4.69, 9.17) is 10.2 Å². The third-order valence-corrected chi connectivity index (χ3v) is 2.38. The number of hydrogen-bond donors (Lipinski definition) is 2. The third-order valence-electron chi connectivity index (χ3n) is 2.38. The van der Waals surface area contributed by atoms with Gasteiger partial charge in [-0.2, -0.15) is 0 Å². The maximum atomic E-state index is 10.7. The van der Waals surface area contributed by atoms with E-state index in [0.29, 0.717) is 12.8 Å². The second-order valence-corrected chi connectivity index (χ2v) is 3.38. The lowest BCUT2D eigenvalue weighted by molar-refractivity contribution is -0.153. The minimum Gasteiger partial charge on any atom is -0.481 e. The van der Waals surface area contributed by atoms with E-state index in [9.17, 15) is 9.59 Å². The molecule has 1 rings (SSSR count). The highest BCUT2D eigenvalue weighted by Gasteiger charge is 2.35. The summed E-state index contributed by atoms with van der Waals surface area (Å²) < 4.78 is 0. The Bertz CT molecular complexity index is 267. The van der Waals surface area contributed by atoms with Gasteiger partial charge >= 0.3 is 11.9 Å². The summed E-state index contributed by atoms with van der Waals surface area (Å²) in [6.45, 7) is 1.83. The highest BCUT2D eigenvalue weighted by molar-refractivity contribution is 5.80. The first kappa shape index (κ1) is 9.77. The molecule has 0 aromatic heterocycles. The average molecular weight is 184 g/mol. The average Bonchev–Trinajstić information content (AvgIpc) is 2.03. The number of allylic oxidation sites excluding steroid dienone is 2. The second kappa shape index (κ2) is 3.60. The van der Waals surface area contributed by atoms with Gasteiger partial charge in [-0.1, -0.05) is 11.6 Å². The monoisotopic (exact) mass is 184 g/mol. The first-order chi connectivity index (χ1) is 6.02. The molecule has 4 nitrogen and oxygen atoms in total. The molecular formula is C9H12O4. The predicted molar refractivity (Wildman–Crippen MR) is 45.2 cm³/mol. The molecule has 1 aliphatic rings. The zero-order valence-electron chi connectivity index (χ0n) is 7.36. The van der Waals surface area contributed by atoms with E-state index in [1.165, 1.54) is 0 Å². The highest BCUT2D eigenvalue weighted by Crippen LogP contribution is 2.29. The highest BCUT2D eigenvalue weighted by atomic mass is 16.4. The van der Waals surface area contributed by atoms with Crippen molar-refractivity contribution in [2.24, 2.45) is 11.8 Å². The minimum atomic E-state index is -1.02. The molecule has 1 aliphatic carbocycles. The van der Waals surface area contributed by atoms with Gasteiger partial charge in [0.1, 0.15) is 0 Å². The van der Waals surface area contributed by atoms with Crippen LogP contribution in [0.5, 0.6) is 0 Å². The Kier molecular flexibility index (Phi) is 2.70. The Morgan fingerprint density at radius 3 is 2.31 bits per heavy atom. The lowest BCUT2D eigenvalue weighted by atomic mass is 9.80. The van der Waals surface area contributed by atoms with E-state index >= 15 is 0 Å². The lowest BCUT2D eigenvalue weighted by Gasteiger charge is -2.23. The number of carboxylic acid groups (broad SMARTS) is 2. The van der Waals surface area contributed by atoms with Gasteiger partial charge in [-0.15, -0.1) is 0 Å². The van der Waals surface area contributed by atoms with E-state index in [-0.39, 0.29) is 0 Å². The van der Waals surface area contributed by atoms with Crippen molar-refractivity contribution in [2.45, 2.75) is 19.8 Å². The maximum absolute atomic E-state index is 10.7. The molecule has 13 heavy (non-hydrogen) atoms. The fraction of sp³-hybridized carbons (Fsp3) is 0.556. The minimum absolute atomic E-state index is 0.331. The van der Waals surface area contributed by atoms with Crippen molar-refractivity contribution >= 4 is 11.9 Å². The van der Waals surface area contributed by atoms with E-state index in [1.54, 1.807) is 6.08 Å². The van der Waals surface area contributed by atoms with Crippen LogP contribution < -0.4 is 0 Å². The van der Waals surface area contributed by atoms with Gasteiger partial charge in [0.2, 0.25) is 0 Å². The molecule has 0 spiro atoms. The van der Waals surface area contributed by atoms with Gasteiger partial charge in [0, 0.05) is 0 Å². The van der Waals surface area contributed by atoms with Gasteiger partial charge in [-0.3, -0.25) is 9.59 Å². The summed E-state index contributed by atoms with van der Waals surface area (Å²) in [5, 5.41) is 17.5. The van der Waals surface area contributed by atoms with Gasteiger partial charge in [0.25, 0.3) is 0 Å². The van der Waals surface area contributed by atoms with Crippen molar-refractivity contribution < 1.29 is 19.8 Å². The summed E-state index contributed by atoms with van der Waals surface area (Å²) in [5.74, 6) is -3.56. The Hall–Kier alpha value is -1.32. The molecule has 0 amide bonds. The van der Waals surface area contributed by atoms with Crippen molar-refractivity contribution in [2.75, 3.05) is 0 Å². The van der Waals surface area contributed by atoms with E-state index in [2.05, 4.69) is 0 Å². The first-order valence-electron chi connectivity index (χ1n) is 4.13. The molecule has 0 aromatic rings. The fourth-order valence-electron chi connectivity index (χ4n) is 1.60. The molecule has 0 aromatic carbocycles. The zero-order chi connectivity index (χ0) is 10.0. The molecule has 0 radical (unpaired) electrons. The molecule has 72 valence electrons. The van der Waals surface area contributed by atoms with Crippen LogP contribution in [0.3, 0.4) is 0 Å². The second-order valence-electron chi connectivity index (χ2n) is 3.38. The number of carboxylic acids is 2. The molecule has 2 atom stereocenters. The topological polar surface area (TPSA) is 74.6 Å². The summed E-state index contributed by atoms with van der Waals surface area (Å²) in [5.41, 5.74) is 0.963. The van der Waals surface area contributed by atoms with Gasteiger partial charge in [-0.25, -0.2) is 0 Å². The van der Waals surface area contributed by atoms with Gasteiger partial charge in [0.05, 0.1) is 11.8 Å². The van der Waals surface area contributed by atoms with Gasteiger partial charge in [-0.05, 0) is 19.8 Å². The van der Waals surface area contributed by atoms with Crippen LogP contribution in [-0.4, -0.2) is 22.2 Å². The van der Waals surface area contributed by atoms with Crippen LogP contribution in [0.1, 0.15) is 19.8 Å². The summed E-state index contributed by atoms with van der Waals surface area (Å²) in [6, 6.07) is 0. The third kappa shape index (κ3) is 2.08. The molecule has 0 bridgehead atoms. The van der Waals surface area contributed by atoms with Crippen LogP contribution in [0.15, 0.2) is 11.6 Å². The largest absolute Gasteiger partial charge is 0.481 e. The molecule has 0 unspecified atom stereocenters. The van der Waals surface area contributed by atoms with Crippen LogP contribution in [0.4, 0.5) is 0 Å². The van der Waals surface area contributed by atoms with Crippen LogP contribution >= 0.6 is 0 Å². The van der Waals surface area contributed by atoms with Crippen LogP contribution in [0, 0.1) is 11.8 Å². The summed E-state index contributed by atoms with van der Waals surface area (Å²) >= 11 is 0. The molecule has 0 aliphatic heterocycles. The van der Waals surface area contributed by atoms with Crippen LogP contribution in [0.25, 0.3) is 0 Å². The van der Waals surface area contributed by atoms with E-state index in [1.807, 2.05) is 6.92 Å². The van der Waals surface area contributed by atoms with Gasteiger partial charge < -0.3 is 10.2 Å². The standard InChI is InChI=1S/C9H12O4/c1-5-2-3-6(8(10)11)7(4-5)9(12)13/h2,6-7H,3-4H2,1H3,(H,10,11)(H,12,13)/t6-,7-/m0/s1. The lowest BCUT2D eigenvalue weighted by Crippen LogP contribution is -2.31. The van der Waals surface area contributed by atoms with Crippen molar-refractivity contribution in [1.29, 1.82) is 0 Å². The quantitative estimate of drug-likeness (QED) is 0.631. The predicted octanol–water partition coefficient (Wildman–Crippen LogP) is 1.13. The smallest absolute Gasteiger partial charge is 0.307 e. The molecule has 0 fully saturated rings. The summed E-state index contributed by atoms with van der Waals surface area (Å²) in [6.07, 6.45) is 2.49. The Balaban J connectivity index is 2.83. The number of aliphatic carboxylic acids is 2. The number of carbonyl (C=O) groups is 2. The first-order valence-corrected chi connectivity index (χ1v) is 4.13. The molecule has 0 saturated heterocycles. The molecule has 0 heterocycles. The van der Waals surface area contributed by atoms with Crippen LogP contribution in [0.2, 0.25) is 0 Å². The maximum Gasteiger partial charge on any atom is 0.307 e. The van der Waals surface area contributed by atoms with Crippen molar-refractivity contribution in [1.82, 2.24) is 0 Å². The zero-order valence-corrected chi connectivity index (χ0v) is 7.36. The SMILES string of the molecule is CC1=CC[C@H](C(=O)O)[C@@H](C(=O)O)C1. The van der Waals surface area contributed by atoms with E-state index < -0.39 is 23.8 Å². The summed E-state index contributed by atoms with van der Waals surface area (Å²) in [7, 11) is 0. The van der Waals surface area contributed by atoms with Gasteiger partial charge in [0.15, 0.2) is 0 Å². The van der Waals surface area contributed by atoms with E-state index in [0.717, 1.165) is 5.57 Å². The number of rotatable bonds is 2. The Morgan fingerprint density at radius 1 is 1.31 bits per heavy atom. The normalized spacial score (nSPS) is 27.9. The molecule has 4 heteroatoms. The van der Waals surface area contributed by atoms with Crippen molar-refractivity contribution in [3.63, 3.8) is 0 Å². The molecule has 0 saturated carbocycles. The Labute approximate surface area is 75.9 Å². The van der Waals surface area contributed by atoms with Crippen molar-refractivity contribution in [3.8, 4) is 0 Å². The Morgan fingerprint density at radius 2 is 1.85 bits per heavy atom. The molecular weight excluding hydrogens is 172 g/mol. The van der Waals surface area contributed by atoms with Crippen molar-refractivity contribution in [3.05, 3.63) is 11.6 Å². The fourth-order valence-corrected chi connectivity index (χ4v) is 1.60. The molecule has 2 N–H and O–H groups in total.